The molecule has 5 heteroatoms. The number of hydrogen-bond donors (Lipinski definition) is 1. The van der Waals surface area contributed by atoms with Crippen LogP contribution in [-0.4, -0.2) is 22.2 Å². The van der Waals surface area contributed by atoms with Crippen molar-refractivity contribution in [2.75, 3.05) is 0 Å². The third-order valence-corrected chi connectivity index (χ3v) is 3.29. The van der Waals surface area contributed by atoms with Gasteiger partial charge in [0.05, 0.1) is 0 Å². The predicted octanol–water partition coefficient (Wildman–Crippen LogP) is 4.02. The number of benzene rings is 1. The molecule has 2 aromatic rings. The number of rotatable bonds is 5. The van der Waals surface area contributed by atoms with E-state index in [1.807, 2.05) is 12.1 Å². The van der Waals surface area contributed by atoms with Crippen LogP contribution in [0.4, 0.5) is 0 Å². The number of ether oxygens (including phenoxy) is 2. The molecule has 0 saturated heterocycles. The third kappa shape index (κ3) is 4.71. The van der Waals surface area contributed by atoms with Crippen molar-refractivity contribution < 1.29 is 19.4 Å². The summed E-state index contributed by atoms with van der Waals surface area (Å²) < 4.78 is 11.0. The summed E-state index contributed by atoms with van der Waals surface area (Å²) in [6.07, 6.45) is 0.872. The van der Waals surface area contributed by atoms with E-state index in [1.165, 1.54) is 6.92 Å². The van der Waals surface area contributed by atoms with Gasteiger partial charge < -0.3 is 14.6 Å². The Hall–Kier alpha value is -2.56. The molecule has 0 saturated carbocycles. The van der Waals surface area contributed by atoms with Crippen LogP contribution in [-0.2, 0) is 10.2 Å². The number of nitrogens with zero attached hydrogens (tertiary/aromatic N) is 1. The second-order valence-electron chi connectivity index (χ2n) is 6.31. The van der Waals surface area contributed by atoms with Gasteiger partial charge in [0.2, 0.25) is 5.88 Å². The van der Waals surface area contributed by atoms with Gasteiger partial charge >= 0.3 is 5.97 Å². The van der Waals surface area contributed by atoms with Crippen molar-refractivity contribution >= 4 is 5.97 Å². The normalized spacial score (nSPS) is 12.5. The molecule has 0 bridgehead atoms. The molecule has 0 unspecified atom stereocenters. The molecule has 1 N–H and O–H groups in total. The van der Waals surface area contributed by atoms with Crippen molar-refractivity contribution in [3.8, 4) is 17.4 Å². The molecule has 1 aromatic heterocycles. The average Bonchev–Trinajstić information content (AvgIpc) is 2.47. The minimum atomic E-state index is -1.02. The fourth-order valence-corrected chi connectivity index (χ4v) is 1.87. The van der Waals surface area contributed by atoms with Crippen LogP contribution in [0.5, 0.6) is 17.4 Å². The lowest BCUT2D eigenvalue weighted by Crippen LogP contribution is -2.22. The Morgan fingerprint density at radius 3 is 2.43 bits per heavy atom. The van der Waals surface area contributed by atoms with Gasteiger partial charge in [0.25, 0.3) is 0 Å². The van der Waals surface area contributed by atoms with Gasteiger partial charge in [-0.05, 0) is 30.0 Å². The van der Waals surface area contributed by atoms with Gasteiger partial charge in [0, 0.05) is 18.3 Å². The summed E-state index contributed by atoms with van der Waals surface area (Å²) in [4.78, 5) is 15.1. The van der Waals surface area contributed by atoms with Crippen molar-refractivity contribution in [1.82, 2.24) is 4.98 Å². The van der Waals surface area contributed by atoms with E-state index >= 15 is 0 Å². The second kappa shape index (κ2) is 6.69. The van der Waals surface area contributed by atoms with Crippen molar-refractivity contribution in [1.29, 1.82) is 0 Å². The molecular formula is C18H21NO4. The monoisotopic (exact) mass is 315 g/mol. The Labute approximate surface area is 135 Å². The maximum atomic E-state index is 10.8. The molecule has 1 heterocycles. The Balaban J connectivity index is 2.10. The summed E-state index contributed by atoms with van der Waals surface area (Å²) in [5.41, 5.74) is 1.16. The Morgan fingerprint density at radius 2 is 1.87 bits per heavy atom. The molecule has 5 nitrogen and oxygen atoms in total. The maximum Gasteiger partial charge on any atom is 0.344 e. The minimum Gasteiger partial charge on any atom is -0.479 e. The molecule has 122 valence electrons. The zero-order valence-corrected chi connectivity index (χ0v) is 13.7. The Bertz CT molecular complexity index is 674. The number of aliphatic carboxylic acids is 1. The van der Waals surface area contributed by atoms with Gasteiger partial charge in [-0.25, -0.2) is 9.78 Å². The van der Waals surface area contributed by atoms with E-state index in [-0.39, 0.29) is 5.41 Å². The largest absolute Gasteiger partial charge is 0.479 e. The highest BCUT2D eigenvalue weighted by Gasteiger charge is 2.15. The van der Waals surface area contributed by atoms with Gasteiger partial charge in [0.15, 0.2) is 6.10 Å². The topological polar surface area (TPSA) is 68.7 Å². The lowest BCUT2D eigenvalue weighted by atomic mass is 9.88. The van der Waals surface area contributed by atoms with Gasteiger partial charge in [-0.2, -0.15) is 0 Å². The lowest BCUT2D eigenvalue weighted by molar-refractivity contribution is -0.144. The van der Waals surface area contributed by atoms with Gasteiger partial charge in [-0.15, -0.1) is 0 Å². The van der Waals surface area contributed by atoms with Crippen LogP contribution in [0.1, 0.15) is 33.3 Å². The molecule has 23 heavy (non-hydrogen) atoms. The van der Waals surface area contributed by atoms with Crippen LogP contribution >= 0.6 is 0 Å². The standard InChI is InChI=1S/C18H21NO4/c1-12(17(20)21)22-14-6-5-7-15(10-14)23-16-9-8-13(11-19-16)18(2,3)4/h5-12H,1-4H3,(H,20,21)/t12-/m0/s1. The first-order valence-electron chi connectivity index (χ1n) is 7.39. The summed E-state index contributed by atoms with van der Waals surface area (Å²) in [6.45, 7) is 7.83. The maximum absolute atomic E-state index is 10.8. The van der Waals surface area contributed by atoms with Crippen molar-refractivity contribution in [2.45, 2.75) is 39.2 Å². The Morgan fingerprint density at radius 1 is 1.17 bits per heavy atom. The van der Waals surface area contributed by atoms with Gasteiger partial charge in [0.1, 0.15) is 11.5 Å². The summed E-state index contributed by atoms with van der Waals surface area (Å²) in [5.74, 6) is 0.428. The SMILES string of the molecule is C[C@H](Oc1cccc(Oc2ccc(C(C)(C)C)cn2)c1)C(=O)O. The molecule has 0 spiro atoms. The van der Waals surface area contributed by atoms with Gasteiger partial charge in [-0.1, -0.05) is 32.9 Å². The highest BCUT2D eigenvalue weighted by molar-refractivity contribution is 5.72. The summed E-state index contributed by atoms with van der Waals surface area (Å²) >= 11 is 0. The smallest absolute Gasteiger partial charge is 0.344 e. The van der Waals surface area contributed by atoms with Crippen LogP contribution in [0.15, 0.2) is 42.6 Å². The zero-order valence-electron chi connectivity index (χ0n) is 13.7. The number of carbonyl (C=O) groups is 1. The van der Waals surface area contributed by atoms with Crippen molar-refractivity contribution in [3.63, 3.8) is 0 Å². The quantitative estimate of drug-likeness (QED) is 0.902. The van der Waals surface area contributed by atoms with Crippen LogP contribution in [0.2, 0.25) is 0 Å². The van der Waals surface area contributed by atoms with E-state index < -0.39 is 12.1 Å². The molecule has 0 aliphatic heterocycles. The number of hydrogen-bond acceptors (Lipinski definition) is 4. The molecule has 0 aliphatic carbocycles. The minimum absolute atomic E-state index is 0.0340. The van der Waals surface area contributed by atoms with E-state index in [2.05, 4.69) is 25.8 Å². The van der Waals surface area contributed by atoms with E-state index in [1.54, 1.807) is 30.5 Å². The average molecular weight is 315 g/mol. The van der Waals surface area contributed by atoms with E-state index in [4.69, 9.17) is 14.6 Å². The van der Waals surface area contributed by atoms with Crippen LogP contribution < -0.4 is 9.47 Å². The molecule has 0 fully saturated rings. The molecule has 2 rings (SSSR count). The third-order valence-electron chi connectivity index (χ3n) is 3.29. The fraction of sp³-hybridized carbons (Fsp3) is 0.333. The highest BCUT2D eigenvalue weighted by atomic mass is 16.5. The highest BCUT2D eigenvalue weighted by Crippen LogP contribution is 2.27. The lowest BCUT2D eigenvalue weighted by Gasteiger charge is -2.18. The molecule has 1 aromatic carbocycles. The number of carboxylic acid groups (broad SMARTS) is 1. The molecule has 0 amide bonds. The fourth-order valence-electron chi connectivity index (χ4n) is 1.87. The van der Waals surface area contributed by atoms with Gasteiger partial charge in [-0.3, -0.25) is 0 Å². The van der Waals surface area contributed by atoms with Crippen LogP contribution in [0, 0.1) is 0 Å². The molecule has 0 aliphatic rings. The molecular weight excluding hydrogens is 294 g/mol. The summed E-state index contributed by atoms with van der Waals surface area (Å²) in [5, 5.41) is 8.87. The predicted molar refractivity (Wildman–Crippen MR) is 87.2 cm³/mol. The number of carboxylic acids is 1. The first-order valence-corrected chi connectivity index (χ1v) is 7.39. The first kappa shape index (κ1) is 16.8. The van der Waals surface area contributed by atoms with Crippen molar-refractivity contribution in [2.24, 2.45) is 0 Å². The zero-order chi connectivity index (χ0) is 17.0. The Kier molecular flexibility index (Phi) is 4.89. The summed E-state index contributed by atoms with van der Waals surface area (Å²) in [6, 6.07) is 10.6. The number of pyridine rings is 1. The van der Waals surface area contributed by atoms with Crippen LogP contribution in [0.3, 0.4) is 0 Å². The van der Waals surface area contributed by atoms with E-state index in [0.717, 1.165) is 5.56 Å². The van der Waals surface area contributed by atoms with E-state index in [9.17, 15) is 4.79 Å². The number of aromatic nitrogens is 1. The van der Waals surface area contributed by atoms with Crippen LogP contribution in [0.25, 0.3) is 0 Å². The summed E-state index contributed by atoms with van der Waals surface area (Å²) in [7, 11) is 0. The molecule has 0 radical (unpaired) electrons. The second-order valence-corrected chi connectivity index (χ2v) is 6.31. The van der Waals surface area contributed by atoms with E-state index in [0.29, 0.717) is 17.4 Å². The molecule has 1 atom stereocenters. The first-order chi connectivity index (χ1) is 10.8. The van der Waals surface area contributed by atoms with Crippen molar-refractivity contribution in [3.05, 3.63) is 48.2 Å².